The van der Waals surface area contributed by atoms with E-state index in [-0.39, 0.29) is 5.92 Å². The molecule has 4 heteroatoms. The molecule has 1 aliphatic carbocycles. The van der Waals surface area contributed by atoms with Crippen molar-refractivity contribution < 1.29 is 9.13 Å². The van der Waals surface area contributed by atoms with Gasteiger partial charge in [-0.15, -0.1) is 0 Å². The molecule has 2 heterocycles. The van der Waals surface area contributed by atoms with Crippen LogP contribution < -0.4 is 5.32 Å². The van der Waals surface area contributed by atoms with E-state index in [1.807, 2.05) is 13.0 Å². The van der Waals surface area contributed by atoms with Crippen LogP contribution in [0.2, 0.25) is 0 Å². The van der Waals surface area contributed by atoms with Crippen LogP contribution in [-0.2, 0) is 4.74 Å². The van der Waals surface area contributed by atoms with Gasteiger partial charge >= 0.3 is 0 Å². The van der Waals surface area contributed by atoms with Crippen LogP contribution in [0.3, 0.4) is 0 Å². The van der Waals surface area contributed by atoms with Gasteiger partial charge in [-0.1, -0.05) is 6.92 Å². The summed E-state index contributed by atoms with van der Waals surface area (Å²) in [7, 11) is 0. The van der Waals surface area contributed by atoms with Gasteiger partial charge in [-0.3, -0.25) is 0 Å². The average molecular weight is 266 g/mol. The van der Waals surface area contributed by atoms with Crippen LogP contribution >= 0.6 is 0 Å². The fourth-order valence-electron chi connectivity index (χ4n) is 2.94. The highest BCUT2D eigenvalue weighted by atomic mass is 19.1. The molecular weight excluding hydrogens is 243 g/mol. The third kappa shape index (κ3) is 2.72. The van der Waals surface area contributed by atoms with Gasteiger partial charge in [0.1, 0.15) is 17.2 Å². The smallest absolute Gasteiger partial charge is 0.117 e. The van der Waals surface area contributed by atoms with E-state index in [9.17, 15) is 4.39 Å². The maximum Gasteiger partial charge on any atom is 0.117 e. The molecule has 1 N–H and O–H groups in total. The molecule has 2 aliphatic heterocycles. The first-order valence-electron chi connectivity index (χ1n) is 7.43. The van der Waals surface area contributed by atoms with Crippen molar-refractivity contribution in [1.29, 1.82) is 0 Å². The molecule has 0 bridgehead atoms. The number of alkyl halides is 1. The van der Waals surface area contributed by atoms with Gasteiger partial charge in [-0.05, 0) is 37.8 Å². The Hall–Kier alpha value is -1.19. The molecule has 0 aromatic rings. The van der Waals surface area contributed by atoms with Crippen LogP contribution in [0.5, 0.6) is 0 Å². The second kappa shape index (κ2) is 5.06. The van der Waals surface area contributed by atoms with Crippen molar-refractivity contribution in [1.82, 2.24) is 10.2 Å². The lowest BCUT2D eigenvalue weighted by atomic mass is 10.2. The predicted molar refractivity (Wildman–Crippen MR) is 73.2 cm³/mol. The molecule has 19 heavy (non-hydrogen) atoms. The van der Waals surface area contributed by atoms with Crippen LogP contribution in [0, 0.1) is 5.92 Å². The molecule has 0 aromatic carbocycles. The monoisotopic (exact) mass is 266 g/mol. The third-order valence-corrected chi connectivity index (χ3v) is 4.53. The number of nitrogens with one attached hydrogen (secondary N) is 1. The van der Waals surface area contributed by atoms with E-state index >= 15 is 0 Å². The Morgan fingerprint density at radius 1 is 1.42 bits per heavy atom. The van der Waals surface area contributed by atoms with Gasteiger partial charge in [-0.2, -0.15) is 0 Å². The number of allylic oxidation sites excluding steroid dienone is 2. The van der Waals surface area contributed by atoms with E-state index in [0.29, 0.717) is 19.4 Å². The van der Waals surface area contributed by atoms with E-state index in [1.165, 1.54) is 18.7 Å². The molecular formula is C15H23FN2O. The van der Waals surface area contributed by atoms with Crippen molar-refractivity contribution in [3.05, 3.63) is 23.7 Å². The van der Waals surface area contributed by atoms with Crippen molar-refractivity contribution in [2.45, 2.75) is 38.3 Å². The normalized spacial score (nSPS) is 33.6. The molecule has 0 amide bonds. The zero-order valence-electron chi connectivity index (χ0n) is 11.6. The Kier molecular flexibility index (Phi) is 3.42. The Morgan fingerprint density at radius 3 is 2.79 bits per heavy atom. The van der Waals surface area contributed by atoms with E-state index in [2.05, 4.69) is 16.3 Å². The first-order valence-corrected chi connectivity index (χ1v) is 7.43. The molecule has 2 atom stereocenters. The van der Waals surface area contributed by atoms with Gasteiger partial charge in [0.15, 0.2) is 0 Å². The van der Waals surface area contributed by atoms with Crippen LogP contribution in [0.25, 0.3) is 0 Å². The minimum absolute atomic E-state index is 0.0994. The first kappa shape index (κ1) is 12.8. The van der Waals surface area contributed by atoms with Gasteiger partial charge in [-0.25, -0.2) is 4.39 Å². The number of ether oxygens (including phenoxy) is 1. The summed E-state index contributed by atoms with van der Waals surface area (Å²) in [4.78, 5) is 2.37. The minimum atomic E-state index is -0.945. The predicted octanol–water partition coefficient (Wildman–Crippen LogP) is 2.57. The lowest BCUT2D eigenvalue weighted by molar-refractivity contribution is 0.158. The summed E-state index contributed by atoms with van der Waals surface area (Å²) in [6, 6.07) is 0. The number of rotatable bonds is 5. The Morgan fingerprint density at radius 2 is 2.21 bits per heavy atom. The zero-order valence-corrected chi connectivity index (χ0v) is 11.6. The molecule has 2 unspecified atom stereocenters. The quantitative estimate of drug-likeness (QED) is 0.827. The van der Waals surface area contributed by atoms with E-state index < -0.39 is 5.67 Å². The van der Waals surface area contributed by atoms with Gasteiger partial charge in [0, 0.05) is 19.0 Å². The molecule has 2 fully saturated rings. The number of dihydropyridines is 1. The largest absolute Gasteiger partial charge is 0.496 e. The molecule has 3 rings (SSSR count). The van der Waals surface area contributed by atoms with Gasteiger partial charge in [0.2, 0.25) is 0 Å². The Balaban J connectivity index is 1.48. The summed E-state index contributed by atoms with van der Waals surface area (Å²) < 4.78 is 19.5. The number of hydrogen-bond acceptors (Lipinski definition) is 3. The summed E-state index contributed by atoms with van der Waals surface area (Å²) in [5, 5.41) is 3.39. The van der Waals surface area contributed by atoms with Gasteiger partial charge < -0.3 is 15.0 Å². The lowest BCUT2D eigenvalue weighted by Gasteiger charge is -2.25. The fraction of sp³-hybridized carbons (Fsp3) is 0.733. The average Bonchev–Trinajstić information content (AvgIpc) is 2.87. The molecule has 3 nitrogen and oxygen atoms in total. The molecule has 0 aromatic heterocycles. The van der Waals surface area contributed by atoms with Crippen molar-refractivity contribution in [2.75, 3.05) is 26.2 Å². The molecule has 1 saturated carbocycles. The Bertz CT molecular complexity index is 401. The third-order valence-electron chi connectivity index (χ3n) is 4.53. The van der Waals surface area contributed by atoms with Crippen molar-refractivity contribution in [3.63, 3.8) is 0 Å². The Labute approximate surface area is 114 Å². The SMILES string of the molecule is CCC1(F)CC1COC1=CC=C(N2CCCC2)NC1. The fourth-order valence-corrected chi connectivity index (χ4v) is 2.94. The zero-order chi connectivity index (χ0) is 13.3. The second-order valence-corrected chi connectivity index (χ2v) is 5.83. The minimum Gasteiger partial charge on any atom is -0.496 e. The van der Waals surface area contributed by atoms with Crippen molar-refractivity contribution >= 4 is 0 Å². The summed E-state index contributed by atoms with van der Waals surface area (Å²) in [5.41, 5.74) is -0.945. The van der Waals surface area contributed by atoms with Gasteiger partial charge in [0.25, 0.3) is 0 Å². The summed E-state index contributed by atoms with van der Waals surface area (Å²) in [6.45, 7) is 5.44. The van der Waals surface area contributed by atoms with Gasteiger partial charge in [0.05, 0.1) is 13.2 Å². The molecule has 0 radical (unpaired) electrons. The number of hydrogen-bond donors (Lipinski definition) is 1. The number of nitrogens with zero attached hydrogens (tertiary/aromatic N) is 1. The summed E-state index contributed by atoms with van der Waals surface area (Å²) in [5.74, 6) is 2.22. The van der Waals surface area contributed by atoms with Crippen LogP contribution in [0.1, 0.15) is 32.6 Å². The van der Waals surface area contributed by atoms with Crippen molar-refractivity contribution in [3.8, 4) is 0 Å². The summed E-state index contributed by atoms with van der Waals surface area (Å²) in [6.07, 6.45) is 7.95. The molecule has 0 spiro atoms. The van der Waals surface area contributed by atoms with Crippen LogP contribution in [-0.4, -0.2) is 36.8 Å². The van der Waals surface area contributed by atoms with Crippen LogP contribution in [0.4, 0.5) is 4.39 Å². The first-order chi connectivity index (χ1) is 9.21. The highest BCUT2D eigenvalue weighted by molar-refractivity contribution is 5.20. The lowest BCUT2D eigenvalue weighted by Crippen LogP contribution is -2.32. The van der Waals surface area contributed by atoms with E-state index in [0.717, 1.165) is 25.4 Å². The second-order valence-electron chi connectivity index (χ2n) is 5.83. The van der Waals surface area contributed by atoms with E-state index in [4.69, 9.17) is 4.74 Å². The molecule has 1 saturated heterocycles. The topological polar surface area (TPSA) is 24.5 Å². The highest BCUT2D eigenvalue weighted by Gasteiger charge is 2.54. The molecule has 3 aliphatic rings. The molecule has 106 valence electrons. The number of halogens is 1. The number of likely N-dealkylation sites (tertiary alicyclic amines) is 1. The van der Waals surface area contributed by atoms with Crippen LogP contribution in [0.15, 0.2) is 23.7 Å². The maximum absolute atomic E-state index is 13.8. The maximum atomic E-state index is 13.8. The summed E-state index contributed by atoms with van der Waals surface area (Å²) >= 11 is 0. The standard InChI is InChI=1S/C15H23FN2O/c1-2-15(16)9-12(15)11-19-13-5-6-14(17-10-13)18-7-3-4-8-18/h5-6,12,17H,2-4,7-11H2,1H3. The van der Waals surface area contributed by atoms with Crippen molar-refractivity contribution in [2.24, 2.45) is 5.92 Å². The highest BCUT2D eigenvalue weighted by Crippen LogP contribution is 2.50. The van der Waals surface area contributed by atoms with E-state index in [1.54, 1.807) is 0 Å².